The summed E-state index contributed by atoms with van der Waals surface area (Å²) in [6, 6.07) is -1.31. The lowest BCUT2D eigenvalue weighted by atomic mass is 10.2. The number of likely N-dealkylation sites (N-methyl/N-ethyl adjacent to an activating group) is 1. The number of urea groups is 1. The topological polar surface area (TPSA) is 90.3 Å². The summed E-state index contributed by atoms with van der Waals surface area (Å²) in [5.41, 5.74) is 0. The summed E-state index contributed by atoms with van der Waals surface area (Å²) in [6.45, 7) is 1.68. The number of carboxylic acid groups (broad SMARTS) is 1. The molecule has 0 spiro atoms. The molecule has 1 aliphatic carbocycles. The molecule has 0 bridgehead atoms. The van der Waals surface area contributed by atoms with Crippen molar-refractivity contribution >= 4 is 12.0 Å². The maximum absolute atomic E-state index is 12.2. The number of rotatable bonds is 6. The highest BCUT2D eigenvalue weighted by atomic mass is 16.5. The van der Waals surface area contributed by atoms with Crippen LogP contribution >= 0.6 is 0 Å². The van der Waals surface area contributed by atoms with Crippen molar-refractivity contribution in [3.8, 4) is 0 Å². The third-order valence-corrected chi connectivity index (χ3v) is 3.76. The second-order valence-electron chi connectivity index (χ2n) is 5.62. The molecule has 0 aromatic rings. The van der Waals surface area contributed by atoms with Crippen LogP contribution in [0.3, 0.4) is 0 Å². The number of aliphatic hydroxyl groups excluding tert-OH is 1. The zero-order chi connectivity index (χ0) is 14.7. The number of carboxylic acids is 1. The summed E-state index contributed by atoms with van der Waals surface area (Å²) < 4.78 is 5.46. The van der Waals surface area contributed by atoms with E-state index in [4.69, 9.17) is 9.84 Å². The van der Waals surface area contributed by atoms with Gasteiger partial charge in [-0.05, 0) is 18.8 Å². The first-order valence-electron chi connectivity index (χ1n) is 6.99. The number of carbonyl (C=O) groups excluding carboxylic acids is 1. The highest BCUT2D eigenvalue weighted by Gasteiger charge is 2.39. The van der Waals surface area contributed by atoms with Crippen LogP contribution < -0.4 is 0 Å². The van der Waals surface area contributed by atoms with Crippen LogP contribution in [0.15, 0.2) is 0 Å². The van der Waals surface area contributed by atoms with Crippen molar-refractivity contribution in [3.63, 3.8) is 0 Å². The molecule has 7 nitrogen and oxygen atoms in total. The molecule has 2 N–H and O–H groups in total. The van der Waals surface area contributed by atoms with Crippen LogP contribution in [0.4, 0.5) is 4.79 Å². The first-order chi connectivity index (χ1) is 9.49. The van der Waals surface area contributed by atoms with Gasteiger partial charge in [-0.15, -0.1) is 0 Å². The molecule has 0 aromatic heterocycles. The molecule has 1 heterocycles. The first kappa shape index (κ1) is 15.1. The monoisotopic (exact) mass is 286 g/mol. The smallest absolute Gasteiger partial charge is 0.326 e. The van der Waals surface area contributed by atoms with Gasteiger partial charge in [0.25, 0.3) is 0 Å². The molecule has 1 saturated heterocycles. The number of hydrogen-bond donors (Lipinski definition) is 2. The number of nitrogens with zero attached hydrogens (tertiary/aromatic N) is 2. The Kier molecular flexibility index (Phi) is 4.82. The van der Waals surface area contributed by atoms with Gasteiger partial charge in [0, 0.05) is 33.2 Å². The van der Waals surface area contributed by atoms with Crippen molar-refractivity contribution in [1.82, 2.24) is 9.80 Å². The predicted octanol–water partition coefficient (Wildman–Crippen LogP) is -0.0154. The molecular formula is C13H22N2O5. The fourth-order valence-corrected chi connectivity index (χ4v) is 2.31. The van der Waals surface area contributed by atoms with Crippen molar-refractivity contribution in [2.45, 2.75) is 31.4 Å². The molecular weight excluding hydrogens is 264 g/mol. The second kappa shape index (κ2) is 6.41. The summed E-state index contributed by atoms with van der Waals surface area (Å²) in [5, 5.41) is 18.6. The second-order valence-corrected chi connectivity index (χ2v) is 5.62. The number of carbonyl (C=O) groups is 2. The molecule has 2 amide bonds. The van der Waals surface area contributed by atoms with E-state index in [1.54, 1.807) is 7.05 Å². The normalized spacial score (nSPS) is 25.8. The maximum Gasteiger partial charge on any atom is 0.326 e. The van der Waals surface area contributed by atoms with Gasteiger partial charge in [-0.2, -0.15) is 0 Å². The van der Waals surface area contributed by atoms with Crippen LogP contribution in [0.2, 0.25) is 0 Å². The molecule has 114 valence electrons. The van der Waals surface area contributed by atoms with E-state index < -0.39 is 18.1 Å². The number of hydrogen-bond acceptors (Lipinski definition) is 4. The summed E-state index contributed by atoms with van der Waals surface area (Å²) in [7, 11) is 1.62. The predicted molar refractivity (Wildman–Crippen MR) is 70.3 cm³/mol. The van der Waals surface area contributed by atoms with Gasteiger partial charge in [-0.25, -0.2) is 9.59 Å². The third-order valence-electron chi connectivity index (χ3n) is 3.76. The van der Waals surface area contributed by atoms with Crippen molar-refractivity contribution in [1.29, 1.82) is 0 Å². The third kappa shape index (κ3) is 3.83. The Morgan fingerprint density at radius 2 is 2.10 bits per heavy atom. The Morgan fingerprint density at radius 1 is 1.40 bits per heavy atom. The number of aliphatic carboxylic acids is 1. The van der Waals surface area contributed by atoms with Crippen molar-refractivity contribution in [3.05, 3.63) is 0 Å². The standard InChI is InChI=1S/C13H22N2O5/c1-14(4-5-20-8-9-2-3-9)13(19)15-7-10(16)6-11(15)12(17)18/h9-11,16H,2-8H2,1H3,(H,17,18)/t10-,11-/m1/s1. The Labute approximate surface area is 118 Å². The Hall–Kier alpha value is -1.34. The van der Waals surface area contributed by atoms with E-state index in [1.807, 2.05) is 0 Å². The quantitative estimate of drug-likeness (QED) is 0.670. The Balaban J connectivity index is 1.77. The molecule has 1 saturated carbocycles. The zero-order valence-electron chi connectivity index (χ0n) is 11.7. The van der Waals surface area contributed by atoms with Crippen molar-refractivity contribution in [2.24, 2.45) is 5.92 Å². The molecule has 2 fully saturated rings. The lowest BCUT2D eigenvalue weighted by Gasteiger charge is -2.27. The fourth-order valence-electron chi connectivity index (χ4n) is 2.31. The van der Waals surface area contributed by atoms with E-state index >= 15 is 0 Å². The minimum atomic E-state index is -1.08. The molecule has 2 atom stereocenters. The summed E-state index contributed by atoms with van der Waals surface area (Å²) in [4.78, 5) is 25.9. The largest absolute Gasteiger partial charge is 0.480 e. The number of β-amino-alcohol motifs (C(OH)–C–C–N with tert-alkyl or cyclic N) is 1. The molecule has 0 unspecified atom stereocenters. The van der Waals surface area contributed by atoms with Crippen molar-refractivity contribution < 1.29 is 24.5 Å². The highest BCUT2D eigenvalue weighted by molar-refractivity contribution is 5.83. The Morgan fingerprint density at radius 3 is 2.70 bits per heavy atom. The van der Waals surface area contributed by atoms with E-state index in [0.29, 0.717) is 19.1 Å². The lowest BCUT2D eigenvalue weighted by Crippen LogP contribution is -2.47. The van der Waals surface area contributed by atoms with E-state index in [9.17, 15) is 14.7 Å². The molecule has 2 aliphatic rings. The molecule has 20 heavy (non-hydrogen) atoms. The van der Waals surface area contributed by atoms with Gasteiger partial charge in [0.05, 0.1) is 12.7 Å². The zero-order valence-corrected chi connectivity index (χ0v) is 11.7. The average molecular weight is 286 g/mol. The molecule has 0 radical (unpaired) electrons. The van der Waals surface area contributed by atoms with E-state index in [2.05, 4.69) is 0 Å². The molecule has 1 aliphatic heterocycles. The highest BCUT2D eigenvalue weighted by Crippen LogP contribution is 2.28. The Bertz CT molecular complexity index is 372. The molecule has 0 aromatic carbocycles. The van der Waals surface area contributed by atoms with Gasteiger partial charge >= 0.3 is 12.0 Å². The lowest BCUT2D eigenvalue weighted by molar-refractivity contribution is -0.141. The maximum atomic E-state index is 12.2. The van der Waals surface area contributed by atoms with Crippen LogP contribution in [0.5, 0.6) is 0 Å². The van der Waals surface area contributed by atoms with E-state index in [0.717, 1.165) is 6.61 Å². The van der Waals surface area contributed by atoms with Gasteiger partial charge in [0.1, 0.15) is 6.04 Å². The average Bonchev–Trinajstić information content (AvgIpc) is 3.14. The van der Waals surface area contributed by atoms with Gasteiger partial charge in [0.15, 0.2) is 0 Å². The van der Waals surface area contributed by atoms with Gasteiger partial charge in [-0.1, -0.05) is 0 Å². The summed E-state index contributed by atoms with van der Waals surface area (Å²) >= 11 is 0. The van der Waals surface area contributed by atoms with Crippen LogP contribution in [0.1, 0.15) is 19.3 Å². The SMILES string of the molecule is CN(CCOCC1CC1)C(=O)N1C[C@H](O)C[C@@H]1C(=O)O. The van der Waals surface area contributed by atoms with Gasteiger partial charge in [0.2, 0.25) is 0 Å². The number of ether oxygens (including phenoxy) is 1. The summed E-state index contributed by atoms with van der Waals surface area (Å²) in [5.74, 6) is -0.394. The van der Waals surface area contributed by atoms with E-state index in [1.165, 1.54) is 22.6 Å². The van der Waals surface area contributed by atoms with Crippen LogP contribution in [0.25, 0.3) is 0 Å². The minimum absolute atomic E-state index is 0.0725. The van der Waals surface area contributed by atoms with Gasteiger partial charge < -0.3 is 24.7 Å². The summed E-state index contributed by atoms with van der Waals surface area (Å²) in [6.07, 6.45) is 1.77. The number of likely N-dealkylation sites (tertiary alicyclic amines) is 1. The van der Waals surface area contributed by atoms with Crippen LogP contribution in [-0.4, -0.2) is 77.5 Å². The molecule has 7 heteroatoms. The number of aliphatic hydroxyl groups is 1. The van der Waals surface area contributed by atoms with Gasteiger partial charge in [-0.3, -0.25) is 0 Å². The minimum Gasteiger partial charge on any atom is -0.480 e. The van der Waals surface area contributed by atoms with Crippen LogP contribution in [0, 0.1) is 5.92 Å². The van der Waals surface area contributed by atoms with Crippen LogP contribution in [-0.2, 0) is 9.53 Å². The first-order valence-corrected chi connectivity index (χ1v) is 6.99. The van der Waals surface area contributed by atoms with E-state index in [-0.39, 0.29) is 19.0 Å². The fraction of sp³-hybridized carbons (Fsp3) is 0.846. The number of amides is 2. The van der Waals surface area contributed by atoms with Crippen molar-refractivity contribution in [2.75, 3.05) is 33.4 Å². The molecule has 2 rings (SSSR count).